The monoisotopic (exact) mass is 249 g/mol. The molecule has 3 nitrogen and oxygen atoms in total. The summed E-state index contributed by atoms with van der Waals surface area (Å²) in [5.41, 5.74) is 0.241. The summed E-state index contributed by atoms with van der Waals surface area (Å²) >= 11 is 0. The van der Waals surface area contributed by atoms with Crippen molar-refractivity contribution in [3.63, 3.8) is 0 Å². The van der Waals surface area contributed by atoms with Crippen LogP contribution in [0.4, 0.5) is 0 Å². The Bertz CT molecular complexity index is 367. The van der Waals surface area contributed by atoms with Crippen molar-refractivity contribution < 1.29 is 9.84 Å². The van der Waals surface area contributed by atoms with Crippen LogP contribution in [0.3, 0.4) is 0 Å². The number of nitrogens with one attached hydrogen (secondary N) is 1. The average molecular weight is 249 g/mol. The molecule has 1 aliphatic heterocycles. The molecule has 1 aromatic rings. The van der Waals surface area contributed by atoms with Gasteiger partial charge in [-0.1, -0.05) is 12.1 Å². The van der Waals surface area contributed by atoms with Gasteiger partial charge in [0.2, 0.25) is 0 Å². The van der Waals surface area contributed by atoms with Gasteiger partial charge >= 0.3 is 0 Å². The van der Waals surface area contributed by atoms with Crippen molar-refractivity contribution in [3.8, 4) is 5.75 Å². The van der Waals surface area contributed by atoms with E-state index in [1.54, 1.807) is 0 Å². The van der Waals surface area contributed by atoms with Crippen LogP contribution in [0.5, 0.6) is 5.75 Å². The van der Waals surface area contributed by atoms with Gasteiger partial charge in [-0.3, -0.25) is 0 Å². The highest BCUT2D eigenvalue weighted by Gasteiger charge is 2.34. The van der Waals surface area contributed by atoms with E-state index in [2.05, 4.69) is 5.32 Å². The van der Waals surface area contributed by atoms with Crippen molar-refractivity contribution in [2.75, 3.05) is 19.7 Å². The third-order valence-corrected chi connectivity index (χ3v) is 3.88. The molecule has 1 aromatic carbocycles. The number of rotatable bonds is 4. The molecule has 18 heavy (non-hydrogen) atoms. The van der Waals surface area contributed by atoms with Gasteiger partial charge in [0.05, 0.1) is 12.2 Å². The van der Waals surface area contributed by atoms with Crippen LogP contribution in [-0.4, -0.2) is 24.8 Å². The van der Waals surface area contributed by atoms with E-state index in [0.717, 1.165) is 37.2 Å². The minimum atomic E-state index is -0.743. The van der Waals surface area contributed by atoms with Crippen molar-refractivity contribution >= 4 is 0 Å². The van der Waals surface area contributed by atoms with Crippen LogP contribution in [0.15, 0.2) is 24.3 Å². The van der Waals surface area contributed by atoms with Crippen LogP contribution in [0.25, 0.3) is 0 Å². The molecule has 100 valence electrons. The summed E-state index contributed by atoms with van der Waals surface area (Å²) in [4.78, 5) is 0. The number of piperidine rings is 1. The molecule has 1 fully saturated rings. The van der Waals surface area contributed by atoms with Crippen molar-refractivity contribution in [2.45, 2.75) is 32.3 Å². The van der Waals surface area contributed by atoms with E-state index in [9.17, 15) is 5.11 Å². The highest BCUT2D eigenvalue weighted by Crippen LogP contribution is 2.35. The Morgan fingerprint density at radius 1 is 1.28 bits per heavy atom. The standard InChI is InChI=1S/C15H23NO2/c1-3-18-14-6-4-12(5-7-14)15(2,17)13-8-10-16-11-9-13/h4-7,13,16-17H,3,8-11H2,1-2H3. The van der Waals surface area contributed by atoms with Gasteiger partial charge in [-0.15, -0.1) is 0 Å². The number of ether oxygens (including phenoxy) is 1. The molecular formula is C15H23NO2. The smallest absolute Gasteiger partial charge is 0.119 e. The van der Waals surface area contributed by atoms with Crippen LogP contribution in [0.1, 0.15) is 32.3 Å². The Morgan fingerprint density at radius 3 is 2.44 bits per heavy atom. The topological polar surface area (TPSA) is 41.5 Å². The molecule has 2 N–H and O–H groups in total. The largest absolute Gasteiger partial charge is 0.494 e. The first kappa shape index (κ1) is 13.4. The van der Waals surface area contributed by atoms with Gasteiger partial charge < -0.3 is 15.2 Å². The van der Waals surface area contributed by atoms with Crippen LogP contribution < -0.4 is 10.1 Å². The lowest BCUT2D eigenvalue weighted by molar-refractivity contribution is -0.0186. The maximum Gasteiger partial charge on any atom is 0.119 e. The van der Waals surface area contributed by atoms with Crippen molar-refractivity contribution in [1.29, 1.82) is 0 Å². The van der Waals surface area contributed by atoms with E-state index in [4.69, 9.17) is 4.74 Å². The van der Waals surface area contributed by atoms with Crippen LogP contribution in [0, 0.1) is 5.92 Å². The average Bonchev–Trinajstić information content (AvgIpc) is 2.41. The first-order valence-electron chi connectivity index (χ1n) is 6.81. The molecule has 1 unspecified atom stereocenters. The predicted octanol–water partition coefficient (Wildman–Crippen LogP) is 2.29. The second kappa shape index (κ2) is 5.72. The zero-order valence-electron chi connectivity index (χ0n) is 11.3. The van der Waals surface area contributed by atoms with E-state index in [-0.39, 0.29) is 0 Å². The van der Waals surface area contributed by atoms with Gasteiger partial charge in [0.1, 0.15) is 5.75 Å². The third kappa shape index (κ3) is 2.85. The highest BCUT2D eigenvalue weighted by atomic mass is 16.5. The maximum absolute atomic E-state index is 10.8. The number of hydrogen-bond donors (Lipinski definition) is 2. The van der Waals surface area contributed by atoms with E-state index >= 15 is 0 Å². The third-order valence-electron chi connectivity index (χ3n) is 3.88. The van der Waals surface area contributed by atoms with Crippen LogP contribution >= 0.6 is 0 Å². The van der Waals surface area contributed by atoms with Crippen molar-refractivity contribution in [2.24, 2.45) is 5.92 Å². The lowest BCUT2D eigenvalue weighted by Gasteiger charge is -2.36. The fourth-order valence-corrected chi connectivity index (χ4v) is 2.67. The van der Waals surface area contributed by atoms with Gasteiger partial charge in [-0.2, -0.15) is 0 Å². The van der Waals surface area contributed by atoms with Crippen molar-refractivity contribution in [3.05, 3.63) is 29.8 Å². The molecule has 0 saturated carbocycles. The molecule has 0 aliphatic carbocycles. The lowest BCUT2D eigenvalue weighted by Crippen LogP contribution is -2.39. The SMILES string of the molecule is CCOc1ccc(C(C)(O)C2CCNCC2)cc1. The van der Waals surface area contributed by atoms with Crippen LogP contribution in [0.2, 0.25) is 0 Å². The molecule has 2 rings (SSSR count). The summed E-state index contributed by atoms with van der Waals surface area (Å²) in [7, 11) is 0. The number of benzene rings is 1. The number of aliphatic hydroxyl groups is 1. The van der Waals surface area contributed by atoms with Gasteiger partial charge in [0.15, 0.2) is 0 Å². The maximum atomic E-state index is 10.8. The summed E-state index contributed by atoms with van der Waals surface area (Å²) < 4.78 is 5.43. The van der Waals surface area contributed by atoms with E-state index in [0.29, 0.717) is 12.5 Å². The van der Waals surface area contributed by atoms with Gasteiger partial charge in [0, 0.05) is 0 Å². The Balaban J connectivity index is 2.12. The van der Waals surface area contributed by atoms with Crippen molar-refractivity contribution in [1.82, 2.24) is 5.32 Å². The van der Waals surface area contributed by atoms with Gasteiger partial charge in [-0.25, -0.2) is 0 Å². The van der Waals surface area contributed by atoms with E-state index in [1.165, 1.54) is 0 Å². The molecule has 3 heteroatoms. The van der Waals surface area contributed by atoms with E-state index < -0.39 is 5.60 Å². The highest BCUT2D eigenvalue weighted by molar-refractivity contribution is 5.31. The Hall–Kier alpha value is -1.06. The zero-order valence-corrected chi connectivity index (χ0v) is 11.3. The van der Waals surface area contributed by atoms with E-state index in [1.807, 2.05) is 38.1 Å². The summed E-state index contributed by atoms with van der Waals surface area (Å²) in [6.45, 7) is 6.57. The Morgan fingerprint density at radius 2 is 1.89 bits per heavy atom. The quantitative estimate of drug-likeness (QED) is 0.860. The normalized spacial score (nSPS) is 20.4. The summed E-state index contributed by atoms with van der Waals surface area (Å²) in [5.74, 6) is 1.19. The predicted molar refractivity (Wildman–Crippen MR) is 72.8 cm³/mol. The first-order chi connectivity index (χ1) is 8.64. The molecule has 0 radical (unpaired) electrons. The molecule has 0 amide bonds. The molecule has 1 saturated heterocycles. The molecule has 0 spiro atoms. The first-order valence-corrected chi connectivity index (χ1v) is 6.81. The second-order valence-electron chi connectivity index (χ2n) is 5.13. The molecular weight excluding hydrogens is 226 g/mol. The molecule has 0 bridgehead atoms. The molecule has 1 aliphatic rings. The fraction of sp³-hybridized carbons (Fsp3) is 0.600. The fourth-order valence-electron chi connectivity index (χ4n) is 2.67. The van der Waals surface area contributed by atoms with Gasteiger partial charge in [0.25, 0.3) is 0 Å². The Labute approximate surface area is 109 Å². The van der Waals surface area contributed by atoms with Crippen LogP contribution in [-0.2, 0) is 5.60 Å². The number of hydrogen-bond acceptors (Lipinski definition) is 3. The van der Waals surface area contributed by atoms with Gasteiger partial charge in [-0.05, 0) is 63.4 Å². The zero-order chi connectivity index (χ0) is 13.0. The Kier molecular flexibility index (Phi) is 4.25. The minimum absolute atomic E-state index is 0.330. The summed E-state index contributed by atoms with van der Waals surface area (Å²) in [5, 5.41) is 14.1. The molecule has 1 atom stereocenters. The second-order valence-corrected chi connectivity index (χ2v) is 5.13. The molecule has 1 heterocycles. The summed E-state index contributed by atoms with van der Waals surface area (Å²) in [6.07, 6.45) is 2.06. The molecule has 0 aromatic heterocycles. The lowest BCUT2D eigenvalue weighted by atomic mass is 9.78. The minimum Gasteiger partial charge on any atom is -0.494 e. The summed E-state index contributed by atoms with van der Waals surface area (Å²) in [6, 6.07) is 7.84.